The number of hydrogen-bond donors (Lipinski definition) is 3. The average molecular weight is 260 g/mol. The molecule has 1 aromatic carbocycles. The van der Waals surface area contributed by atoms with Gasteiger partial charge in [-0.2, -0.15) is 0 Å². The summed E-state index contributed by atoms with van der Waals surface area (Å²) in [5, 5.41) is 22.7. The third kappa shape index (κ3) is 4.91. The molecular weight excluding hydrogens is 242 g/mol. The predicted octanol–water partition coefficient (Wildman–Crippen LogP) is 1.53. The van der Waals surface area contributed by atoms with Crippen molar-refractivity contribution in [1.82, 2.24) is 5.32 Å². The second-order valence-electron chi connectivity index (χ2n) is 3.81. The second-order valence-corrected chi connectivity index (χ2v) is 4.22. The van der Waals surface area contributed by atoms with Crippen molar-refractivity contribution in [2.24, 2.45) is 0 Å². The van der Waals surface area contributed by atoms with E-state index in [2.05, 4.69) is 5.32 Å². The standard InChI is InChI=1S/C12H18ClNO3/c1-17-8-9(15)5-6-14-7-10-11(13)3-2-4-12(10)16/h2-4,9,14-16H,5-8H2,1H3. The highest BCUT2D eigenvalue weighted by atomic mass is 35.5. The number of halogens is 1. The Hall–Kier alpha value is -0.810. The van der Waals surface area contributed by atoms with Crippen LogP contribution in [0.5, 0.6) is 5.75 Å². The first-order chi connectivity index (χ1) is 8.15. The molecule has 0 aromatic heterocycles. The molecule has 0 bridgehead atoms. The Morgan fingerprint density at radius 2 is 2.24 bits per heavy atom. The summed E-state index contributed by atoms with van der Waals surface area (Å²) in [7, 11) is 1.55. The summed E-state index contributed by atoms with van der Waals surface area (Å²) in [6.07, 6.45) is 0.131. The minimum absolute atomic E-state index is 0.183. The van der Waals surface area contributed by atoms with Crippen molar-refractivity contribution in [2.45, 2.75) is 19.1 Å². The van der Waals surface area contributed by atoms with E-state index in [0.717, 1.165) is 0 Å². The molecule has 96 valence electrons. The average Bonchev–Trinajstić information content (AvgIpc) is 2.28. The fourth-order valence-corrected chi connectivity index (χ4v) is 1.72. The molecule has 17 heavy (non-hydrogen) atoms. The molecule has 4 nitrogen and oxygen atoms in total. The van der Waals surface area contributed by atoms with Crippen molar-refractivity contribution in [3.8, 4) is 5.75 Å². The largest absolute Gasteiger partial charge is 0.508 e. The van der Waals surface area contributed by atoms with Crippen LogP contribution in [-0.4, -0.2) is 36.6 Å². The van der Waals surface area contributed by atoms with Crippen molar-refractivity contribution in [1.29, 1.82) is 0 Å². The first-order valence-electron chi connectivity index (χ1n) is 5.49. The molecule has 1 aromatic rings. The van der Waals surface area contributed by atoms with Gasteiger partial charge in [0.1, 0.15) is 5.75 Å². The van der Waals surface area contributed by atoms with Crippen LogP contribution in [0.3, 0.4) is 0 Å². The summed E-state index contributed by atoms with van der Waals surface area (Å²) >= 11 is 5.95. The minimum Gasteiger partial charge on any atom is -0.508 e. The fraction of sp³-hybridized carbons (Fsp3) is 0.500. The topological polar surface area (TPSA) is 61.7 Å². The summed E-state index contributed by atoms with van der Waals surface area (Å²) in [5.41, 5.74) is 0.676. The van der Waals surface area contributed by atoms with Gasteiger partial charge in [-0.15, -0.1) is 0 Å². The van der Waals surface area contributed by atoms with Crippen LogP contribution in [0.15, 0.2) is 18.2 Å². The Bertz CT molecular complexity index is 326. The lowest BCUT2D eigenvalue weighted by Gasteiger charge is -2.11. The molecule has 0 aliphatic rings. The van der Waals surface area contributed by atoms with Gasteiger partial charge in [-0.25, -0.2) is 0 Å². The van der Waals surface area contributed by atoms with Crippen LogP contribution in [0.1, 0.15) is 12.0 Å². The van der Waals surface area contributed by atoms with Gasteiger partial charge < -0.3 is 20.3 Å². The van der Waals surface area contributed by atoms with Gasteiger partial charge in [-0.05, 0) is 25.1 Å². The van der Waals surface area contributed by atoms with E-state index in [1.807, 2.05) is 0 Å². The molecule has 0 heterocycles. The van der Waals surface area contributed by atoms with Crippen LogP contribution < -0.4 is 5.32 Å². The first kappa shape index (κ1) is 14.3. The highest BCUT2D eigenvalue weighted by Crippen LogP contribution is 2.24. The van der Waals surface area contributed by atoms with Crippen LogP contribution in [0.4, 0.5) is 0 Å². The van der Waals surface area contributed by atoms with Crippen LogP contribution in [0.25, 0.3) is 0 Å². The summed E-state index contributed by atoms with van der Waals surface area (Å²) < 4.78 is 4.82. The molecule has 0 fully saturated rings. The smallest absolute Gasteiger partial charge is 0.121 e. The molecule has 0 amide bonds. The molecule has 0 aliphatic carbocycles. The van der Waals surface area contributed by atoms with Gasteiger partial charge in [0.15, 0.2) is 0 Å². The fourth-order valence-electron chi connectivity index (χ4n) is 1.48. The number of benzene rings is 1. The Morgan fingerprint density at radius 1 is 1.47 bits per heavy atom. The van der Waals surface area contributed by atoms with Crippen LogP contribution in [0.2, 0.25) is 5.02 Å². The predicted molar refractivity (Wildman–Crippen MR) is 67.3 cm³/mol. The maximum absolute atomic E-state index is 9.59. The zero-order valence-electron chi connectivity index (χ0n) is 9.82. The van der Waals surface area contributed by atoms with Crippen molar-refractivity contribution >= 4 is 11.6 Å². The van der Waals surface area contributed by atoms with Gasteiger partial charge in [0.05, 0.1) is 12.7 Å². The van der Waals surface area contributed by atoms with Gasteiger partial charge in [-0.3, -0.25) is 0 Å². The number of ether oxygens (including phenoxy) is 1. The Balaban J connectivity index is 2.31. The lowest BCUT2D eigenvalue weighted by molar-refractivity contribution is 0.0594. The number of nitrogens with one attached hydrogen (secondary N) is 1. The Morgan fingerprint density at radius 3 is 2.88 bits per heavy atom. The first-order valence-corrected chi connectivity index (χ1v) is 5.87. The maximum Gasteiger partial charge on any atom is 0.121 e. The molecule has 0 saturated heterocycles. The van der Waals surface area contributed by atoms with E-state index in [0.29, 0.717) is 36.7 Å². The lowest BCUT2D eigenvalue weighted by Crippen LogP contribution is -2.23. The van der Waals surface area contributed by atoms with Crippen molar-refractivity contribution < 1.29 is 14.9 Å². The molecular formula is C12H18ClNO3. The second kappa shape index (κ2) is 7.50. The molecule has 3 N–H and O–H groups in total. The maximum atomic E-state index is 9.59. The highest BCUT2D eigenvalue weighted by molar-refractivity contribution is 6.31. The number of methoxy groups -OCH3 is 1. The van der Waals surface area contributed by atoms with Gasteiger partial charge in [0, 0.05) is 24.2 Å². The van der Waals surface area contributed by atoms with E-state index >= 15 is 0 Å². The molecule has 5 heteroatoms. The molecule has 0 aliphatic heterocycles. The van der Waals surface area contributed by atoms with E-state index in [1.165, 1.54) is 0 Å². The van der Waals surface area contributed by atoms with Gasteiger partial charge in [0.2, 0.25) is 0 Å². The minimum atomic E-state index is -0.465. The summed E-state index contributed by atoms with van der Waals surface area (Å²) in [6, 6.07) is 5.03. The van der Waals surface area contributed by atoms with E-state index < -0.39 is 6.10 Å². The Labute approximate surface area is 106 Å². The van der Waals surface area contributed by atoms with Gasteiger partial charge >= 0.3 is 0 Å². The zero-order chi connectivity index (χ0) is 12.7. The quantitative estimate of drug-likeness (QED) is 0.650. The van der Waals surface area contributed by atoms with Crippen molar-refractivity contribution in [3.63, 3.8) is 0 Å². The van der Waals surface area contributed by atoms with E-state index in [-0.39, 0.29) is 5.75 Å². The van der Waals surface area contributed by atoms with Crippen molar-refractivity contribution in [2.75, 3.05) is 20.3 Å². The van der Waals surface area contributed by atoms with Crippen molar-refractivity contribution in [3.05, 3.63) is 28.8 Å². The molecule has 0 saturated carbocycles. The summed E-state index contributed by atoms with van der Waals surface area (Å²) in [5.74, 6) is 0.183. The number of phenolic OH excluding ortho intramolecular Hbond substituents is 1. The number of aliphatic hydroxyl groups is 1. The monoisotopic (exact) mass is 259 g/mol. The summed E-state index contributed by atoms with van der Waals surface area (Å²) in [4.78, 5) is 0. The van der Waals surface area contributed by atoms with Crippen LogP contribution >= 0.6 is 11.6 Å². The molecule has 1 atom stereocenters. The number of aliphatic hydroxyl groups excluding tert-OH is 1. The normalized spacial score (nSPS) is 12.6. The van der Waals surface area contributed by atoms with Gasteiger partial charge in [-0.1, -0.05) is 17.7 Å². The Kier molecular flexibility index (Phi) is 6.29. The van der Waals surface area contributed by atoms with Gasteiger partial charge in [0.25, 0.3) is 0 Å². The number of phenols is 1. The third-order valence-corrected chi connectivity index (χ3v) is 2.76. The molecule has 1 unspecified atom stereocenters. The highest BCUT2D eigenvalue weighted by Gasteiger charge is 2.06. The molecule has 0 radical (unpaired) electrons. The lowest BCUT2D eigenvalue weighted by atomic mass is 10.2. The summed E-state index contributed by atoms with van der Waals surface area (Å²) in [6.45, 7) is 1.44. The van der Waals surface area contributed by atoms with E-state index in [9.17, 15) is 10.2 Å². The molecule has 1 rings (SSSR count). The number of aromatic hydroxyl groups is 1. The van der Waals surface area contributed by atoms with E-state index in [1.54, 1.807) is 25.3 Å². The van der Waals surface area contributed by atoms with Crippen LogP contribution in [-0.2, 0) is 11.3 Å². The third-order valence-electron chi connectivity index (χ3n) is 2.41. The molecule has 0 spiro atoms. The van der Waals surface area contributed by atoms with Crippen LogP contribution in [0, 0.1) is 0 Å². The number of rotatable bonds is 7. The zero-order valence-corrected chi connectivity index (χ0v) is 10.6. The number of hydrogen-bond acceptors (Lipinski definition) is 4. The van der Waals surface area contributed by atoms with E-state index in [4.69, 9.17) is 16.3 Å². The SMILES string of the molecule is COCC(O)CCNCc1c(O)cccc1Cl.